The Morgan fingerprint density at radius 3 is 2.10 bits per heavy atom. The number of methoxy groups -OCH3 is 1. The summed E-state index contributed by atoms with van der Waals surface area (Å²) >= 11 is 0. The second-order valence-electron chi connectivity index (χ2n) is 13.5. The number of aliphatic hydroxyl groups excluding tert-OH is 1. The van der Waals surface area contributed by atoms with E-state index in [1.807, 2.05) is 34.9 Å². The molecular weight excluding hydrogens is 530 g/mol. The number of ether oxygens (including phenoxy) is 4. The van der Waals surface area contributed by atoms with E-state index in [0.29, 0.717) is 6.42 Å². The van der Waals surface area contributed by atoms with Crippen molar-refractivity contribution in [3.63, 3.8) is 0 Å². The van der Waals surface area contributed by atoms with Crippen molar-refractivity contribution >= 4 is 17.5 Å². The fourth-order valence-electron chi connectivity index (χ4n) is 6.85. The molecule has 0 amide bonds. The van der Waals surface area contributed by atoms with Crippen molar-refractivity contribution in [2.24, 2.45) is 29.1 Å². The summed E-state index contributed by atoms with van der Waals surface area (Å²) in [6.07, 6.45) is -3.43. The zero-order valence-corrected chi connectivity index (χ0v) is 27.2. The number of rotatable bonds is 5. The molecule has 41 heavy (non-hydrogen) atoms. The van der Waals surface area contributed by atoms with Crippen LogP contribution in [-0.4, -0.2) is 102 Å². The number of nitrogens with zero attached hydrogens (tertiary/aromatic N) is 1. The summed E-state index contributed by atoms with van der Waals surface area (Å²) in [6, 6.07) is 0.0110. The lowest BCUT2D eigenvalue weighted by Gasteiger charge is -2.47. The van der Waals surface area contributed by atoms with E-state index in [4.69, 9.17) is 18.9 Å². The van der Waals surface area contributed by atoms with Gasteiger partial charge in [0.2, 0.25) is 0 Å². The smallest absolute Gasteiger partial charge is 0.316 e. The van der Waals surface area contributed by atoms with Crippen LogP contribution in [0.5, 0.6) is 0 Å². The average molecular weight is 586 g/mol. The number of carbonyl (C=O) groups is 3. The first-order valence-electron chi connectivity index (χ1n) is 15.0. The first-order chi connectivity index (χ1) is 18.8. The highest BCUT2D eigenvalue weighted by Gasteiger charge is 2.50. The number of cyclic esters (lactones) is 1. The summed E-state index contributed by atoms with van der Waals surface area (Å²) in [6.45, 7) is 15.5. The average Bonchev–Trinajstić information content (AvgIpc) is 2.90. The van der Waals surface area contributed by atoms with Crippen LogP contribution in [0.1, 0.15) is 81.6 Å². The molecule has 2 aliphatic heterocycles. The van der Waals surface area contributed by atoms with Crippen LogP contribution in [0.4, 0.5) is 0 Å². The summed E-state index contributed by atoms with van der Waals surface area (Å²) in [5.74, 6) is -4.78. The van der Waals surface area contributed by atoms with Crippen LogP contribution in [0.2, 0.25) is 0 Å². The molecule has 2 N–H and O–H groups in total. The van der Waals surface area contributed by atoms with Gasteiger partial charge in [0.25, 0.3) is 0 Å². The Kier molecular flexibility index (Phi) is 12.1. The van der Waals surface area contributed by atoms with Crippen LogP contribution in [0.3, 0.4) is 0 Å². The van der Waals surface area contributed by atoms with E-state index in [-0.39, 0.29) is 30.1 Å². The van der Waals surface area contributed by atoms with Crippen LogP contribution in [0, 0.1) is 29.1 Å². The highest BCUT2D eigenvalue weighted by molar-refractivity contribution is 6.00. The molecule has 0 aromatic carbocycles. The fraction of sp³-hybridized carbons (Fsp3) is 0.903. The molecule has 0 spiro atoms. The highest BCUT2D eigenvalue weighted by atomic mass is 16.7. The molecule has 2 saturated heterocycles. The third kappa shape index (κ3) is 7.75. The Hall–Kier alpha value is -1.43. The van der Waals surface area contributed by atoms with Crippen LogP contribution < -0.4 is 0 Å². The first-order valence-corrected chi connectivity index (χ1v) is 15.0. The van der Waals surface area contributed by atoms with Crippen molar-refractivity contribution in [1.29, 1.82) is 0 Å². The molecule has 2 rings (SSSR count). The van der Waals surface area contributed by atoms with Gasteiger partial charge in [0.1, 0.15) is 29.5 Å². The van der Waals surface area contributed by atoms with E-state index in [9.17, 15) is 24.6 Å². The van der Waals surface area contributed by atoms with Gasteiger partial charge in [0, 0.05) is 30.9 Å². The van der Waals surface area contributed by atoms with E-state index >= 15 is 0 Å². The van der Waals surface area contributed by atoms with E-state index in [0.717, 1.165) is 6.42 Å². The van der Waals surface area contributed by atoms with Gasteiger partial charge in [-0.3, -0.25) is 14.4 Å². The first kappa shape index (κ1) is 35.8. The van der Waals surface area contributed by atoms with Gasteiger partial charge in [-0.15, -0.1) is 0 Å². The van der Waals surface area contributed by atoms with Gasteiger partial charge in [0.05, 0.1) is 18.3 Å². The Labute approximate surface area is 246 Å². The Bertz CT molecular complexity index is 919. The minimum atomic E-state index is -1.90. The van der Waals surface area contributed by atoms with Gasteiger partial charge >= 0.3 is 5.97 Å². The highest BCUT2D eigenvalue weighted by Crippen LogP contribution is 2.41. The topological polar surface area (TPSA) is 132 Å². The molecule has 238 valence electrons. The third-order valence-electron chi connectivity index (χ3n) is 9.38. The molecule has 0 bridgehead atoms. The normalized spacial score (nSPS) is 43.5. The van der Waals surface area contributed by atoms with Gasteiger partial charge in [-0.1, -0.05) is 41.5 Å². The maximum absolute atomic E-state index is 13.8. The largest absolute Gasteiger partial charge is 0.459 e. The van der Waals surface area contributed by atoms with Gasteiger partial charge in [-0.25, -0.2) is 0 Å². The quantitative estimate of drug-likeness (QED) is 0.367. The minimum Gasteiger partial charge on any atom is -0.459 e. The van der Waals surface area contributed by atoms with Gasteiger partial charge in [-0.2, -0.15) is 0 Å². The minimum absolute atomic E-state index is 0.0110. The van der Waals surface area contributed by atoms with Crippen LogP contribution >= 0.6 is 0 Å². The molecule has 11 unspecified atom stereocenters. The monoisotopic (exact) mass is 585 g/mol. The summed E-state index contributed by atoms with van der Waals surface area (Å²) in [5, 5.41) is 22.4. The number of likely N-dealkylation sites (N-methyl/N-ethyl adjacent to an activating group) is 1. The predicted octanol–water partition coefficient (Wildman–Crippen LogP) is 3.00. The zero-order chi connectivity index (χ0) is 31.6. The molecule has 2 aliphatic rings. The molecule has 12 atom stereocenters. The molecule has 2 heterocycles. The number of hydrogen-bond acceptors (Lipinski definition) is 10. The van der Waals surface area contributed by atoms with E-state index < -0.39 is 71.4 Å². The molecule has 0 aromatic heterocycles. The summed E-state index contributed by atoms with van der Waals surface area (Å²) in [5.41, 5.74) is -2.64. The lowest BCUT2D eigenvalue weighted by molar-refractivity contribution is -0.289. The summed E-state index contributed by atoms with van der Waals surface area (Å²) in [4.78, 5) is 42.7. The van der Waals surface area contributed by atoms with Crippen molar-refractivity contribution in [3.8, 4) is 0 Å². The summed E-state index contributed by atoms with van der Waals surface area (Å²) < 4.78 is 24.4. The van der Waals surface area contributed by atoms with Crippen molar-refractivity contribution in [2.75, 3.05) is 21.2 Å². The molecule has 10 nitrogen and oxygen atoms in total. The molecule has 0 aliphatic carbocycles. The van der Waals surface area contributed by atoms with Gasteiger partial charge in [0.15, 0.2) is 12.1 Å². The summed E-state index contributed by atoms with van der Waals surface area (Å²) in [7, 11) is 5.55. The lowest BCUT2D eigenvalue weighted by atomic mass is 9.69. The SMILES string of the molecule is CC[C@H]1OC(=O)C(C)C(=O)C(C)C(OC2OC(C)CC(N(C)C)C2OC)C(C)(C)CC(C)C(=O)C(C)C(O)C1(C)O. The standard InChI is InChI=1S/C31H55NO9/c1-13-22-31(9,37)26(35)18(4)23(33)16(2)15-30(7,8)27(19(5)24(34)20(6)28(36)40-22)41-29-25(38-12)21(32(10)11)14-17(3)39-29/h16-22,25-27,29,35,37H,13-15H2,1-12H3/t16?,17?,18?,19?,20?,21?,22-,25?,26?,27?,29?,31?/m1/s1. The van der Waals surface area contributed by atoms with Crippen molar-refractivity contribution < 1.29 is 43.5 Å². The van der Waals surface area contributed by atoms with Crippen molar-refractivity contribution in [1.82, 2.24) is 4.90 Å². The maximum atomic E-state index is 13.8. The number of ketones is 2. The van der Waals surface area contributed by atoms with Crippen molar-refractivity contribution in [3.05, 3.63) is 0 Å². The van der Waals surface area contributed by atoms with E-state index in [2.05, 4.69) is 4.90 Å². The number of carbonyl (C=O) groups excluding carboxylic acids is 3. The second kappa shape index (κ2) is 13.9. The molecule has 0 aromatic rings. The number of Topliss-reactive ketones (excluding diaryl/α,β-unsaturated/α-hetero) is 2. The zero-order valence-electron chi connectivity index (χ0n) is 27.2. The molecule has 0 saturated carbocycles. The van der Waals surface area contributed by atoms with Crippen LogP contribution in [0.25, 0.3) is 0 Å². The van der Waals surface area contributed by atoms with Crippen LogP contribution in [0.15, 0.2) is 0 Å². The number of esters is 1. The third-order valence-corrected chi connectivity index (χ3v) is 9.38. The van der Waals surface area contributed by atoms with E-state index in [1.165, 1.54) is 13.8 Å². The van der Waals surface area contributed by atoms with Crippen LogP contribution in [-0.2, 0) is 33.3 Å². The fourth-order valence-corrected chi connectivity index (χ4v) is 6.85. The Morgan fingerprint density at radius 1 is 1.00 bits per heavy atom. The Morgan fingerprint density at radius 2 is 1.59 bits per heavy atom. The van der Waals surface area contributed by atoms with E-state index in [1.54, 1.807) is 34.8 Å². The predicted molar refractivity (Wildman–Crippen MR) is 154 cm³/mol. The van der Waals surface area contributed by atoms with Crippen molar-refractivity contribution in [2.45, 2.75) is 130 Å². The van der Waals surface area contributed by atoms with Gasteiger partial charge < -0.3 is 34.1 Å². The second-order valence-corrected chi connectivity index (χ2v) is 13.5. The molecule has 10 heteroatoms. The maximum Gasteiger partial charge on any atom is 0.316 e. The lowest BCUT2D eigenvalue weighted by Crippen LogP contribution is -2.58. The number of aliphatic hydroxyl groups is 2. The Balaban J connectivity index is 2.58. The van der Waals surface area contributed by atoms with Gasteiger partial charge in [-0.05, 0) is 59.5 Å². The molecule has 0 radical (unpaired) electrons. The molecule has 2 fully saturated rings. The molecular formula is C31H55NO9. The number of hydrogen-bond donors (Lipinski definition) is 2.